The molecule has 0 spiro atoms. The van der Waals surface area contributed by atoms with Gasteiger partial charge in [-0.2, -0.15) is 0 Å². The molecule has 2 rings (SSSR count). The molecule has 1 aromatic carbocycles. The third-order valence-corrected chi connectivity index (χ3v) is 2.43. The number of carboxylic acid groups (broad SMARTS) is 1. The highest BCUT2D eigenvalue weighted by molar-refractivity contribution is 5.88. The van der Waals surface area contributed by atoms with Gasteiger partial charge in [0.2, 0.25) is 0 Å². The van der Waals surface area contributed by atoms with E-state index in [0.717, 1.165) is 5.39 Å². The van der Waals surface area contributed by atoms with Crippen LogP contribution in [0.2, 0.25) is 0 Å². The number of phenols is 1. The number of carbonyl (C=O) groups is 1. The molecule has 4 nitrogen and oxygen atoms in total. The van der Waals surface area contributed by atoms with E-state index in [2.05, 4.69) is 0 Å². The van der Waals surface area contributed by atoms with Gasteiger partial charge in [0, 0.05) is 17.0 Å². The topological polar surface area (TPSA) is 70.7 Å². The molecular weight excluding hydrogens is 196 g/mol. The van der Waals surface area contributed by atoms with Gasteiger partial charge in [-0.15, -0.1) is 0 Å². The van der Waals surface area contributed by atoms with Crippen molar-refractivity contribution < 1.29 is 19.4 Å². The van der Waals surface area contributed by atoms with Crippen LogP contribution in [0.4, 0.5) is 0 Å². The van der Waals surface area contributed by atoms with Crippen LogP contribution in [0.15, 0.2) is 28.9 Å². The fourth-order valence-electron chi connectivity index (χ4n) is 1.51. The molecule has 0 aliphatic rings. The Kier molecular flexibility index (Phi) is 2.11. The number of phenolic OH excluding ortho intramolecular Hbond substituents is 1. The third kappa shape index (κ3) is 1.54. The largest absolute Gasteiger partial charge is 0.508 e. The van der Waals surface area contributed by atoms with Crippen molar-refractivity contribution in [3.05, 3.63) is 30.0 Å². The second-order valence-electron chi connectivity index (χ2n) is 3.43. The number of aromatic hydroxyl groups is 1. The van der Waals surface area contributed by atoms with Gasteiger partial charge in [-0.05, 0) is 19.1 Å². The number of benzene rings is 1. The number of carboxylic acids is 1. The normalized spacial score (nSPS) is 12.9. The van der Waals surface area contributed by atoms with E-state index < -0.39 is 11.9 Å². The smallest absolute Gasteiger partial charge is 0.310 e. The molecule has 0 bridgehead atoms. The van der Waals surface area contributed by atoms with Gasteiger partial charge in [-0.3, -0.25) is 4.79 Å². The summed E-state index contributed by atoms with van der Waals surface area (Å²) in [5.74, 6) is -1.41. The summed E-state index contributed by atoms with van der Waals surface area (Å²) < 4.78 is 5.18. The maximum absolute atomic E-state index is 10.8. The first-order valence-electron chi connectivity index (χ1n) is 4.52. The second-order valence-corrected chi connectivity index (χ2v) is 3.43. The summed E-state index contributed by atoms with van der Waals surface area (Å²) in [6.45, 7) is 1.60. The first-order chi connectivity index (χ1) is 7.09. The molecule has 78 valence electrons. The molecule has 0 fully saturated rings. The third-order valence-electron chi connectivity index (χ3n) is 2.43. The summed E-state index contributed by atoms with van der Waals surface area (Å²) in [6.07, 6.45) is 1.42. The molecule has 0 radical (unpaired) electrons. The Morgan fingerprint density at radius 3 is 2.87 bits per heavy atom. The molecule has 2 N–H and O–H groups in total. The van der Waals surface area contributed by atoms with Gasteiger partial charge < -0.3 is 14.6 Å². The summed E-state index contributed by atoms with van der Waals surface area (Å²) in [4.78, 5) is 10.8. The van der Waals surface area contributed by atoms with E-state index in [-0.39, 0.29) is 5.75 Å². The van der Waals surface area contributed by atoms with Crippen LogP contribution in [0.3, 0.4) is 0 Å². The van der Waals surface area contributed by atoms with Gasteiger partial charge in [0.1, 0.15) is 11.3 Å². The molecule has 4 heteroatoms. The van der Waals surface area contributed by atoms with E-state index in [1.165, 1.54) is 18.4 Å². The van der Waals surface area contributed by atoms with Crippen molar-refractivity contribution >= 4 is 16.9 Å². The molecule has 2 aromatic rings. The Balaban J connectivity index is 2.59. The lowest BCUT2D eigenvalue weighted by Crippen LogP contribution is -2.06. The zero-order valence-electron chi connectivity index (χ0n) is 8.10. The first-order valence-corrected chi connectivity index (χ1v) is 4.52. The van der Waals surface area contributed by atoms with Crippen LogP contribution in [0.1, 0.15) is 18.4 Å². The number of aliphatic carboxylic acids is 1. The van der Waals surface area contributed by atoms with E-state index in [4.69, 9.17) is 9.52 Å². The van der Waals surface area contributed by atoms with Crippen LogP contribution in [0.5, 0.6) is 5.75 Å². The van der Waals surface area contributed by atoms with Crippen LogP contribution in [0.25, 0.3) is 11.0 Å². The van der Waals surface area contributed by atoms with E-state index >= 15 is 0 Å². The fourth-order valence-corrected chi connectivity index (χ4v) is 1.51. The second kappa shape index (κ2) is 3.31. The van der Waals surface area contributed by atoms with Gasteiger partial charge in [-0.1, -0.05) is 0 Å². The average molecular weight is 206 g/mol. The Bertz CT molecular complexity index is 512. The summed E-state index contributed by atoms with van der Waals surface area (Å²) >= 11 is 0. The van der Waals surface area contributed by atoms with Gasteiger partial charge in [0.15, 0.2) is 0 Å². The Hall–Kier alpha value is -1.97. The van der Waals surface area contributed by atoms with Crippen molar-refractivity contribution in [1.29, 1.82) is 0 Å². The van der Waals surface area contributed by atoms with Crippen LogP contribution >= 0.6 is 0 Å². The minimum absolute atomic E-state index is 0.103. The quantitative estimate of drug-likeness (QED) is 0.791. The number of hydrogen-bond donors (Lipinski definition) is 2. The molecule has 1 aromatic heterocycles. The summed E-state index contributed by atoms with van der Waals surface area (Å²) in [6, 6.07) is 4.63. The standard InChI is InChI=1S/C11H10O4/c1-6(11(13)14)9-5-15-10-4-7(12)2-3-8(9)10/h2-6,12H,1H3,(H,13,14). The Morgan fingerprint density at radius 1 is 1.47 bits per heavy atom. The van der Waals surface area contributed by atoms with E-state index in [9.17, 15) is 9.90 Å². The molecule has 1 heterocycles. The number of rotatable bonds is 2. The Morgan fingerprint density at radius 2 is 2.20 bits per heavy atom. The van der Waals surface area contributed by atoms with Gasteiger partial charge in [0.25, 0.3) is 0 Å². The molecule has 0 aliphatic carbocycles. The highest BCUT2D eigenvalue weighted by Crippen LogP contribution is 2.29. The molecule has 0 amide bonds. The van der Waals surface area contributed by atoms with Crippen molar-refractivity contribution in [2.45, 2.75) is 12.8 Å². The van der Waals surface area contributed by atoms with Crippen LogP contribution < -0.4 is 0 Å². The first kappa shape index (κ1) is 9.58. The maximum Gasteiger partial charge on any atom is 0.310 e. The van der Waals surface area contributed by atoms with Crippen molar-refractivity contribution in [2.75, 3.05) is 0 Å². The van der Waals surface area contributed by atoms with E-state index in [1.807, 2.05) is 0 Å². The van der Waals surface area contributed by atoms with Crippen LogP contribution in [0, 0.1) is 0 Å². The predicted molar refractivity (Wildman–Crippen MR) is 53.9 cm³/mol. The van der Waals surface area contributed by atoms with Crippen LogP contribution in [-0.4, -0.2) is 16.2 Å². The lowest BCUT2D eigenvalue weighted by molar-refractivity contribution is -0.138. The molecule has 1 atom stereocenters. The molecule has 0 saturated heterocycles. The average Bonchev–Trinajstić information content (AvgIpc) is 2.59. The SMILES string of the molecule is CC(C(=O)O)c1coc2cc(O)ccc12. The minimum Gasteiger partial charge on any atom is -0.508 e. The van der Waals surface area contributed by atoms with E-state index in [0.29, 0.717) is 11.1 Å². The minimum atomic E-state index is -0.897. The van der Waals surface area contributed by atoms with Crippen molar-refractivity contribution in [1.82, 2.24) is 0 Å². The van der Waals surface area contributed by atoms with Crippen molar-refractivity contribution in [3.8, 4) is 5.75 Å². The summed E-state index contributed by atoms with van der Waals surface area (Å²) in [5, 5.41) is 18.8. The zero-order chi connectivity index (χ0) is 11.0. The lowest BCUT2D eigenvalue weighted by Gasteiger charge is -2.02. The lowest BCUT2D eigenvalue weighted by atomic mass is 10.0. The highest BCUT2D eigenvalue weighted by Gasteiger charge is 2.18. The molecule has 0 aliphatic heterocycles. The molecule has 0 saturated carbocycles. The molecule has 15 heavy (non-hydrogen) atoms. The molecule has 1 unspecified atom stereocenters. The number of furan rings is 1. The monoisotopic (exact) mass is 206 g/mol. The number of hydrogen-bond acceptors (Lipinski definition) is 3. The van der Waals surface area contributed by atoms with Crippen molar-refractivity contribution in [3.63, 3.8) is 0 Å². The van der Waals surface area contributed by atoms with E-state index in [1.54, 1.807) is 13.0 Å². The highest BCUT2D eigenvalue weighted by atomic mass is 16.4. The fraction of sp³-hybridized carbons (Fsp3) is 0.182. The summed E-state index contributed by atoms with van der Waals surface area (Å²) in [5.41, 5.74) is 1.12. The van der Waals surface area contributed by atoms with Crippen LogP contribution in [-0.2, 0) is 4.79 Å². The number of fused-ring (bicyclic) bond motifs is 1. The van der Waals surface area contributed by atoms with Crippen molar-refractivity contribution in [2.24, 2.45) is 0 Å². The Labute approximate surface area is 85.8 Å². The predicted octanol–water partition coefficient (Wildman–Crippen LogP) is 2.33. The summed E-state index contributed by atoms with van der Waals surface area (Å²) in [7, 11) is 0. The van der Waals surface area contributed by atoms with Gasteiger partial charge in [0.05, 0.1) is 12.2 Å². The van der Waals surface area contributed by atoms with Gasteiger partial charge >= 0.3 is 5.97 Å². The maximum atomic E-state index is 10.8. The van der Waals surface area contributed by atoms with Gasteiger partial charge in [-0.25, -0.2) is 0 Å². The zero-order valence-corrected chi connectivity index (χ0v) is 8.10. The molecular formula is C11H10O4.